The molecule has 0 fully saturated rings. The van der Waals surface area contributed by atoms with Crippen molar-refractivity contribution in [2.45, 2.75) is 6.54 Å². The molecule has 0 atom stereocenters. The normalized spacial score (nSPS) is 13.1. The summed E-state index contributed by atoms with van der Waals surface area (Å²) in [5, 5.41) is 2.17. The number of nitrogens with zero attached hydrogens (tertiary/aromatic N) is 2. The Morgan fingerprint density at radius 1 is 1.11 bits per heavy atom. The zero-order valence-corrected chi connectivity index (χ0v) is 15.9. The predicted octanol–water partition coefficient (Wildman–Crippen LogP) is 5.89. The Labute approximate surface area is 165 Å². The van der Waals surface area contributed by atoms with Crippen LogP contribution in [0, 0.1) is 0 Å². The molecule has 0 spiro atoms. The molecule has 2 aromatic carbocycles. The van der Waals surface area contributed by atoms with Crippen LogP contribution in [-0.4, -0.2) is 17.4 Å². The molecule has 2 aromatic heterocycles. The number of halogens is 2. The lowest BCUT2D eigenvalue weighted by molar-refractivity contribution is 0.415. The van der Waals surface area contributed by atoms with E-state index < -0.39 is 0 Å². The number of aliphatic imine (C=N–C) groups is 1. The first-order chi connectivity index (χ1) is 13.1. The Bertz CT molecular complexity index is 1220. The standard InChI is InChI=1S/C21H14Cl2N2O2/c1-26-14-4-5-19-12(7-14)8-20(27-19)21-17-3-2-6-25(17)18-10-13(22)9-16(23)15(18)11-24-21/h2-10H,11H2,1H3. The number of ether oxygens (including phenoxy) is 1. The molecule has 0 aliphatic carbocycles. The minimum Gasteiger partial charge on any atom is -0.497 e. The molecule has 3 heterocycles. The third-order valence-corrected chi connectivity index (χ3v) is 5.30. The van der Waals surface area contributed by atoms with Gasteiger partial charge >= 0.3 is 0 Å². The highest BCUT2D eigenvalue weighted by atomic mass is 35.5. The van der Waals surface area contributed by atoms with Crippen molar-refractivity contribution >= 4 is 39.9 Å². The quantitative estimate of drug-likeness (QED) is 0.423. The first kappa shape index (κ1) is 16.5. The lowest BCUT2D eigenvalue weighted by atomic mass is 10.1. The Morgan fingerprint density at radius 2 is 2.00 bits per heavy atom. The fraction of sp³-hybridized carbons (Fsp3) is 0.0952. The van der Waals surface area contributed by atoms with Crippen LogP contribution in [0.2, 0.25) is 10.0 Å². The van der Waals surface area contributed by atoms with Gasteiger partial charge in [-0.05, 0) is 48.5 Å². The molecule has 5 rings (SSSR count). The third-order valence-electron chi connectivity index (χ3n) is 4.74. The number of fused-ring (bicyclic) bond motifs is 4. The first-order valence-electron chi connectivity index (χ1n) is 8.42. The number of hydrogen-bond acceptors (Lipinski definition) is 3. The van der Waals surface area contributed by atoms with Gasteiger partial charge in [-0.1, -0.05) is 23.2 Å². The molecule has 0 bridgehead atoms. The molecule has 0 N–H and O–H groups in total. The van der Waals surface area contributed by atoms with Gasteiger partial charge in [-0.15, -0.1) is 0 Å². The highest BCUT2D eigenvalue weighted by molar-refractivity contribution is 6.35. The molecule has 6 heteroatoms. The summed E-state index contributed by atoms with van der Waals surface area (Å²) in [7, 11) is 1.65. The van der Waals surface area contributed by atoms with E-state index in [1.165, 1.54) is 0 Å². The molecule has 27 heavy (non-hydrogen) atoms. The van der Waals surface area contributed by atoms with Crippen molar-refractivity contribution in [3.63, 3.8) is 0 Å². The van der Waals surface area contributed by atoms with Crippen LogP contribution in [0.3, 0.4) is 0 Å². The van der Waals surface area contributed by atoms with Crippen LogP contribution in [0.15, 0.2) is 64.1 Å². The minimum absolute atomic E-state index is 0.447. The van der Waals surface area contributed by atoms with E-state index in [1.807, 2.05) is 53.2 Å². The van der Waals surface area contributed by atoms with Crippen LogP contribution in [0.4, 0.5) is 0 Å². The fourth-order valence-corrected chi connectivity index (χ4v) is 4.00. The summed E-state index contributed by atoms with van der Waals surface area (Å²) in [6.07, 6.45) is 1.98. The van der Waals surface area contributed by atoms with Gasteiger partial charge in [0.2, 0.25) is 0 Å². The van der Waals surface area contributed by atoms with E-state index in [0.717, 1.165) is 39.4 Å². The second-order valence-electron chi connectivity index (χ2n) is 6.33. The number of hydrogen-bond donors (Lipinski definition) is 0. The molecule has 4 nitrogen and oxygen atoms in total. The van der Waals surface area contributed by atoms with E-state index in [9.17, 15) is 0 Å². The molecule has 1 aliphatic rings. The monoisotopic (exact) mass is 396 g/mol. The van der Waals surface area contributed by atoms with E-state index in [0.29, 0.717) is 22.4 Å². The summed E-state index contributed by atoms with van der Waals surface area (Å²) < 4.78 is 13.4. The van der Waals surface area contributed by atoms with Crippen molar-refractivity contribution in [1.82, 2.24) is 4.57 Å². The van der Waals surface area contributed by atoms with Crippen LogP contribution in [-0.2, 0) is 6.54 Å². The third kappa shape index (κ3) is 2.64. The maximum absolute atomic E-state index is 6.44. The summed E-state index contributed by atoms with van der Waals surface area (Å²) in [4.78, 5) is 4.82. The van der Waals surface area contributed by atoms with E-state index in [1.54, 1.807) is 13.2 Å². The van der Waals surface area contributed by atoms with Crippen LogP contribution in [0.1, 0.15) is 17.0 Å². The minimum atomic E-state index is 0.447. The number of rotatable bonds is 2. The Balaban J connectivity index is 1.70. The maximum atomic E-state index is 6.44. The van der Waals surface area contributed by atoms with E-state index in [4.69, 9.17) is 37.3 Å². The van der Waals surface area contributed by atoms with Crippen LogP contribution < -0.4 is 4.74 Å². The second-order valence-corrected chi connectivity index (χ2v) is 7.17. The largest absolute Gasteiger partial charge is 0.497 e. The number of furan rings is 1. The number of aromatic nitrogens is 1. The molecule has 0 amide bonds. The molecule has 0 radical (unpaired) electrons. The number of methoxy groups -OCH3 is 1. The Kier molecular flexibility index (Phi) is 3.78. The molecule has 134 valence electrons. The van der Waals surface area contributed by atoms with Gasteiger partial charge in [0.25, 0.3) is 0 Å². The van der Waals surface area contributed by atoms with Crippen LogP contribution in [0.25, 0.3) is 16.7 Å². The van der Waals surface area contributed by atoms with Crippen molar-refractivity contribution < 1.29 is 9.15 Å². The van der Waals surface area contributed by atoms with Crippen LogP contribution in [0.5, 0.6) is 5.75 Å². The molecule has 1 aliphatic heterocycles. The summed E-state index contributed by atoms with van der Waals surface area (Å²) >= 11 is 12.7. The highest BCUT2D eigenvalue weighted by Crippen LogP contribution is 2.34. The molecule has 4 aromatic rings. The highest BCUT2D eigenvalue weighted by Gasteiger charge is 2.22. The fourth-order valence-electron chi connectivity index (χ4n) is 3.45. The van der Waals surface area contributed by atoms with Gasteiger partial charge in [-0.25, -0.2) is 0 Å². The topological polar surface area (TPSA) is 39.7 Å². The van der Waals surface area contributed by atoms with Crippen molar-refractivity contribution in [1.29, 1.82) is 0 Å². The maximum Gasteiger partial charge on any atom is 0.155 e. The molecule has 0 saturated carbocycles. The second kappa shape index (κ2) is 6.19. The zero-order valence-electron chi connectivity index (χ0n) is 14.4. The Hall–Kier alpha value is -2.69. The zero-order chi connectivity index (χ0) is 18.5. The molecule has 0 saturated heterocycles. The van der Waals surface area contributed by atoms with Gasteiger partial charge in [0, 0.05) is 27.2 Å². The van der Waals surface area contributed by atoms with Gasteiger partial charge in [-0.2, -0.15) is 0 Å². The smallest absolute Gasteiger partial charge is 0.155 e. The predicted molar refractivity (Wildman–Crippen MR) is 108 cm³/mol. The van der Waals surface area contributed by atoms with Gasteiger partial charge in [0.05, 0.1) is 25.0 Å². The van der Waals surface area contributed by atoms with E-state index >= 15 is 0 Å². The molecular weight excluding hydrogens is 383 g/mol. The lowest BCUT2D eigenvalue weighted by Crippen LogP contribution is -2.07. The first-order valence-corrected chi connectivity index (χ1v) is 9.18. The summed E-state index contributed by atoms with van der Waals surface area (Å²) in [5.74, 6) is 1.49. The van der Waals surface area contributed by atoms with Gasteiger partial charge in [0.15, 0.2) is 5.76 Å². The van der Waals surface area contributed by atoms with Crippen molar-refractivity contribution in [3.8, 4) is 11.4 Å². The number of benzene rings is 2. The van der Waals surface area contributed by atoms with Gasteiger partial charge < -0.3 is 13.7 Å². The van der Waals surface area contributed by atoms with E-state index in [-0.39, 0.29) is 0 Å². The van der Waals surface area contributed by atoms with Gasteiger partial charge in [0.1, 0.15) is 17.0 Å². The average molecular weight is 397 g/mol. The summed E-state index contributed by atoms with van der Waals surface area (Å²) in [6, 6.07) is 15.4. The Morgan fingerprint density at radius 3 is 2.85 bits per heavy atom. The average Bonchev–Trinajstić information content (AvgIpc) is 3.26. The molecular formula is C21H14Cl2N2O2. The van der Waals surface area contributed by atoms with Crippen LogP contribution >= 0.6 is 23.2 Å². The van der Waals surface area contributed by atoms with Crippen molar-refractivity contribution in [3.05, 3.63) is 81.8 Å². The SMILES string of the molecule is COc1ccc2oc(C3=NCc4c(Cl)cc(Cl)cc4-n4cccc43)cc2c1. The van der Waals surface area contributed by atoms with Crippen molar-refractivity contribution in [2.75, 3.05) is 7.11 Å². The van der Waals surface area contributed by atoms with E-state index in [2.05, 4.69) is 0 Å². The van der Waals surface area contributed by atoms with Crippen molar-refractivity contribution in [2.24, 2.45) is 4.99 Å². The molecule has 0 unspecified atom stereocenters. The summed E-state index contributed by atoms with van der Waals surface area (Å²) in [5.41, 5.74) is 4.36. The lowest BCUT2D eigenvalue weighted by Gasteiger charge is -2.12. The summed E-state index contributed by atoms with van der Waals surface area (Å²) in [6.45, 7) is 0.447. The van der Waals surface area contributed by atoms with Gasteiger partial charge in [-0.3, -0.25) is 4.99 Å².